The second-order valence-corrected chi connectivity index (χ2v) is 5.74. The summed E-state index contributed by atoms with van der Waals surface area (Å²) in [5.74, 6) is 0. The first-order valence-electron chi connectivity index (χ1n) is 6.36. The first-order chi connectivity index (χ1) is 7.39. The van der Waals surface area contributed by atoms with Gasteiger partial charge in [-0.15, -0.1) is 0 Å². The van der Waals surface area contributed by atoms with Crippen LogP contribution in [-0.4, -0.2) is 44.3 Å². The third-order valence-electron chi connectivity index (χ3n) is 2.75. The molecule has 0 aliphatic rings. The Hall–Kier alpha value is -0.120. The molecule has 0 aromatic carbocycles. The second kappa shape index (κ2) is 8.04. The molecule has 0 aliphatic carbocycles. The Kier molecular flexibility index (Phi) is 7.98. The van der Waals surface area contributed by atoms with E-state index >= 15 is 0 Å². The molecule has 3 nitrogen and oxygen atoms in total. The summed E-state index contributed by atoms with van der Waals surface area (Å²) < 4.78 is 5.09. The van der Waals surface area contributed by atoms with Gasteiger partial charge in [-0.1, -0.05) is 27.7 Å². The summed E-state index contributed by atoms with van der Waals surface area (Å²) in [6, 6.07) is 0.316. The predicted octanol–water partition coefficient (Wildman–Crippen LogP) is 2.11. The van der Waals surface area contributed by atoms with Crippen molar-refractivity contribution in [1.29, 1.82) is 0 Å². The fourth-order valence-corrected chi connectivity index (χ4v) is 1.89. The van der Waals surface area contributed by atoms with Crippen molar-refractivity contribution in [3.63, 3.8) is 0 Å². The molecule has 0 rings (SSSR count). The molecule has 16 heavy (non-hydrogen) atoms. The van der Waals surface area contributed by atoms with Crippen molar-refractivity contribution in [2.45, 2.75) is 46.6 Å². The summed E-state index contributed by atoms with van der Waals surface area (Å²) >= 11 is 0. The number of nitrogens with two attached hydrogens (primary N) is 1. The zero-order valence-electron chi connectivity index (χ0n) is 11.8. The van der Waals surface area contributed by atoms with Crippen LogP contribution >= 0.6 is 0 Å². The largest absolute Gasteiger partial charge is 0.383 e. The summed E-state index contributed by atoms with van der Waals surface area (Å²) in [5.41, 5.74) is 6.47. The Labute approximate surface area is 101 Å². The van der Waals surface area contributed by atoms with Crippen molar-refractivity contribution in [1.82, 2.24) is 4.90 Å². The number of rotatable bonds is 8. The van der Waals surface area contributed by atoms with Crippen LogP contribution < -0.4 is 5.73 Å². The first kappa shape index (κ1) is 15.9. The van der Waals surface area contributed by atoms with Gasteiger partial charge in [-0.2, -0.15) is 0 Å². The Morgan fingerprint density at radius 3 is 2.31 bits per heavy atom. The van der Waals surface area contributed by atoms with Crippen molar-refractivity contribution < 1.29 is 4.74 Å². The van der Waals surface area contributed by atoms with Gasteiger partial charge in [0.05, 0.1) is 6.61 Å². The molecule has 0 spiro atoms. The quantitative estimate of drug-likeness (QED) is 0.694. The monoisotopic (exact) mass is 230 g/mol. The van der Waals surface area contributed by atoms with E-state index in [1.165, 1.54) is 0 Å². The molecule has 0 aromatic rings. The second-order valence-electron chi connectivity index (χ2n) is 5.74. The van der Waals surface area contributed by atoms with Crippen LogP contribution in [0.1, 0.15) is 40.5 Å². The zero-order chi connectivity index (χ0) is 12.6. The summed E-state index contributed by atoms with van der Waals surface area (Å²) in [6.07, 6.45) is 2.17. The molecule has 0 aliphatic heterocycles. The Morgan fingerprint density at radius 1 is 1.25 bits per heavy atom. The van der Waals surface area contributed by atoms with E-state index in [1.54, 1.807) is 7.11 Å². The van der Waals surface area contributed by atoms with Gasteiger partial charge in [0.2, 0.25) is 0 Å². The Balaban J connectivity index is 3.74. The van der Waals surface area contributed by atoms with Crippen LogP contribution in [0.3, 0.4) is 0 Å². The van der Waals surface area contributed by atoms with Gasteiger partial charge in [-0.3, -0.25) is 0 Å². The van der Waals surface area contributed by atoms with Gasteiger partial charge in [0.1, 0.15) is 0 Å². The van der Waals surface area contributed by atoms with Gasteiger partial charge in [0, 0.05) is 19.7 Å². The van der Waals surface area contributed by atoms with Crippen molar-refractivity contribution in [3.8, 4) is 0 Å². The molecule has 98 valence electrons. The summed E-state index contributed by atoms with van der Waals surface area (Å²) in [6.45, 7) is 12.9. The fraction of sp³-hybridized carbons (Fsp3) is 1.00. The van der Waals surface area contributed by atoms with E-state index in [-0.39, 0.29) is 0 Å². The van der Waals surface area contributed by atoms with E-state index in [4.69, 9.17) is 10.5 Å². The van der Waals surface area contributed by atoms with Gasteiger partial charge < -0.3 is 15.4 Å². The highest BCUT2D eigenvalue weighted by Gasteiger charge is 2.16. The molecule has 0 saturated heterocycles. The van der Waals surface area contributed by atoms with Crippen LogP contribution in [0.15, 0.2) is 0 Å². The summed E-state index contributed by atoms with van der Waals surface area (Å²) in [4.78, 5) is 2.39. The molecule has 0 heterocycles. The van der Waals surface area contributed by atoms with Gasteiger partial charge in [0.25, 0.3) is 0 Å². The van der Waals surface area contributed by atoms with Crippen molar-refractivity contribution in [2.24, 2.45) is 11.1 Å². The molecular weight excluding hydrogens is 200 g/mol. The van der Waals surface area contributed by atoms with Gasteiger partial charge in [-0.05, 0) is 31.3 Å². The number of nitrogens with zero attached hydrogens (tertiary/aromatic N) is 1. The third-order valence-corrected chi connectivity index (χ3v) is 2.75. The smallest absolute Gasteiger partial charge is 0.0589 e. The minimum absolute atomic E-state index is 0.316. The maximum absolute atomic E-state index is 6.13. The van der Waals surface area contributed by atoms with E-state index in [2.05, 4.69) is 32.6 Å². The van der Waals surface area contributed by atoms with E-state index in [0.29, 0.717) is 11.5 Å². The van der Waals surface area contributed by atoms with Gasteiger partial charge >= 0.3 is 0 Å². The Bertz CT molecular complexity index is 166. The van der Waals surface area contributed by atoms with Crippen LogP contribution in [0.25, 0.3) is 0 Å². The molecule has 0 fully saturated rings. The highest BCUT2D eigenvalue weighted by Crippen LogP contribution is 2.21. The van der Waals surface area contributed by atoms with Gasteiger partial charge in [-0.25, -0.2) is 0 Å². The standard InChI is InChI=1S/C13H30N2O/c1-6-15(9-10-16-5)8-7-12(14)11-13(2,3)4/h12H,6-11,14H2,1-5H3. The van der Waals surface area contributed by atoms with E-state index in [9.17, 15) is 0 Å². The van der Waals surface area contributed by atoms with Crippen molar-refractivity contribution in [2.75, 3.05) is 33.4 Å². The Morgan fingerprint density at radius 2 is 1.88 bits per heavy atom. The molecular formula is C13H30N2O. The minimum atomic E-state index is 0.316. The lowest BCUT2D eigenvalue weighted by Gasteiger charge is -2.26. The molecule has 0 aromatic heterocycles. The van der Waals surface area contributed by atoms with E-state index in [1.807, 2.05) is 0 Å². The molecule has 0 bridgehead atoms. The molecule has 3 heteroatoms. The van der Waals surface area contributed by atoms with Crippen molar-refractivity contribution >= 4 is 0 Å². The molecule has 1 atom stereocenters. The van der Waals surface area contributed by atoms with Crippen molar-refractivity contribution in [3.05, 3.63) is 0 Å². The number of hydrogen-bond donors (Lipinski definition) is 1. The normalized spacial score (nSPS) is 14.4. The zero-order valence-corrected chi connectivity index (χ0v) is 11.8. The maximum atomic E-state index is 6.13. The minimum Gasteiger partial charge on any atom is -0.383 e. The fourth-order valence-electron chi connectivity index (χ4n) is 1.89. The molecule has 1 unspecified atom stereocenters. The first-order valence-corrected chi connectivity index (χ1v) is 6.36. The van der Waals surface area contributed by atoms with E-state index in [0.717, 1.165) is 39.1 Å². The maximum Gasteiger partial charge on any atom is 0.0589 e. The summed E-state index contributed by atoms with van der Waals surface area (Å²) in [5, 5.41) is 0. The van der Waals surface area contributed by atoms with Crippen LogP contribution in [-0.2, 0) is 4.74 Å². The van der Waals surface area contributed by atoms with Gasteiger partial charge in [0.15, 0.2) is 0 Å². The SMILES string of the molecule is CCN(CCOC)CCC(N)CC(C)(C)C. The number of ether oxygens (including phenoxy) is 1. The van der Waals surface area contributed by atoms with Crippen LogP contribution in [0.5, 0.6) is 0 Å². The van der Waals surface area contributed by atoms with Crippen LogP contribution in [0, 0.1) is 5.41 Å². The highest BCUT2D eigenvalue weighted by atomic mass is 16.5. The number of hydrogen-bond acceptors (Lipinski definition) is 3. The lowest BCUT2D eigenvalue weighted by molar-refractivity contribution is 0.147. The average Bonchev–Trinajstić information content (AvgIpc) is 2.15. The third kappa shape index (κ3) is 9.13. The topological polar surface area (TPSA) is 38.5 Å². The van der Waals surface area contributed by atoms with E-state index < -0.39 is 0 Å². The molecule has 0 radical (unpaired) electrons. The highest BCUT2D eigenvalue weighted by molar-refractivity contribution is 4.72. The molecule has 0 amide bonds. The molecule has 2 N–H and O–H groups in total. The van der Waals surface area contributed by atoms with Crippen LogP contribution in [0.2, 0.25) is 0 Å². The number of likely N-dealkylation sites (N-methyl/N-ethyl adjacent to an activating group) is 1. The molecule has 0 saturated carbocycles. The lowest BCUT2D eigenvalue weighted by Crippen LogP contribution is -2.34. The summed E-state index contributed by atoms with van der Waals surface area (Å²) in [7, 11) is 1.75. The van der Waals surface area contributed by atoms with Crippen LogP contribution in [0.4, 0.5) is 0 Å². The lowest BCUT2D eigenvalue weighted by atomic mass is 9.87. The number of methoxy groups -OCH3 is 1. The predicted molar refractivity (Wildman–Crippen MR) is 70.7 cm³/mol. The average molecular weight is 230 g/mol.